The van der Waals surface area contributed by atoms with Gasteiger partial charge >= 0.3 is 0 Å². The number of fused-ring (bicyclic) bond motifs is 1. The molecule has 2 aliphatic heterocycles. The fourth-order valence-corrected chi connectivity index (χ4v) is 6.72. The Kier molecular flexibility index (Phi) is 17.2. The maximum absolute atomic E-state index is 14.1. The number of benzene rings is 1. The molecule has 13 N–H and O–H groups in total. The first-order chi connectivity index (χ1) is 27.3. The van der Waals surface area contributed by atoms with E-state index in [1.165, 1.54) is 36.1 Å². The molecule has 0 saturated carbocycles. The highest BCUT2D eigenvalue weighted by Crippen LogP contribution is 2.22. The normalized spacial score (nSPS) is 25.7. The highest BCUT2D eigenvalue weighted by atomic mass is 16.3. The molecule has 0 unspecified atom stereocenters. The largest absolute Gasteiger partial charge is 0.508 e. The second-order valence-corrected chi connectivity index (χ2v) is 15.5. The van der Waals surface area contributed by atoms with Gasteiger partial charge in [-0.3, -0.25) is 43.3 Å². The van der Waals surface area contributed by atoms with Gasteiger partial charge in [-0.2, -0.15) is 0 Å². The Bertz CT molecular complexity index is 1700. The number of amides is 8. The molecule has 0 aromatic heterocycles. The van der Waals surface area contributed by atoms with Crippen molar-refractivity contribution in [3.63, 3.8) is 0 Å². The molecule has 1 aromatic rings. The van der Waals surface area contributed by atoms with Crippen LogP contribution in [-0.4, -0.2) is 119 Å². The SMILES string of the molecule is CC(C)C[C@@H]1NC(=O)[C@H](C)NC(=O)[C@H](Cc2ccc(O)cc2)NC(=O)[C@H](CCCN=C(N)N)NC(=O)[C@H](CC(N)=O)NC(=O)[C@H](C(C)C)NC(=O)[C@@H]2CCCN2C1=O. The molecule has 3 rings (SSSR count). The summed E-state index contributed by atoms with van der Waals surface area (Å²) in [6.45, 7) is 8.71. The second kappa shape index (κ2) is 21.5. The van der Waals surface area contributed by atoms with Crippen molar-refractivity contribution in [2.75, 3.05) is 13.1 Å². The molecule has 20 nitrogen and oxygen atoms in total. The van der Waals surface area contributed by atoms with Crippen LogP contribution in [0.1, 0.15) is 78.7 Å². The fourth-order valence-electron chi connectivity index (χ4n) is 6.72. The first kappa shape index (κ1) is 46.4. The van der Waals surface area contributed by atoms with Crippen LogP contribution < -0.4 is 49.1 Å². The minimum absolute atomic E-state index is 0.0405. The lowest BCUT2D eigenvalue weighted by Crippen LogP contribution is -2.60. The number of guanidine groups is 1. The Hall–Kier alpha value is -5.95. The van der Waals surface area contributed by atoms with Crippen molar-refractivity contribution in [2.24, 2.45) is 34.0 Å². The number of primary amides is 1. The van der Waals surface area contributed by atoms with Crippen LogP contribution in [0.5, 0.6) is 5.75 Å². The predicted molar refractivity (Wildman–Crippen MR) is 212 cm³/mol. The molecule has 20 heteroatoms. The van der Waals surface area contributed by atoms with E-state index in [9.17, 15) is 43.5 Å². The molecule has 8 amide bonds. The zero-order valence-corrected chi connectivity index (χ0v) is 33.7. The average molecular weight is 814 g/mol. The third-order valence-electron chi connectivity index (χ3n) is 9.78. The van der Waals surface area contributed by atoms with E-state index in [-0.39, 0.29) is 62.8 Å². The Morgan fingerprint density at radius 3 is 1.97 bits per heavy atom. The Morgan fingerprint density at radius 2 is 1.36 bits per heavy atom. The van der Waals surface area contributed by atoms with E-state index in [0.717, 1.165) is 0 Å². The zero-order chi connectivity index (χ0) is 43.3. The standard InChI is InChI=1S/C38H59N11O9/c1-19(2)16-27-37(58)49-15-7-9-28(49)35(56)48-30(20(3)4)36(57)46-26(18-29(39)51)34(55)44-24(8-6-14-42-38(40)41)32(53)45-25(17-22-10-12-23(50)13-11-22)33(54)43-21(5)31(52)47-27/h10-13,19-21,24-28,30,50H,6-9,14-18H2,1-5H3,(H2,39,51)(H,43,54)(H,44,55)(H,45,53)(H,46,57)(H,47,52)(H,48,56)(H4,40,41,42)/t21-,24-,25-,26-,27-,28-,30-/m0/s1. The number of carbonyl (C=O) groups is 8. The van der Waals surface area contributed by atoms with E-state index in [1.807, 2.05) is 13.8 Å². The van der Waals surface area contributed by atoms with E-state index in [2.05, 4.69) is 36.9 Å². The van der Waals surface area contributed by atoms with Gasteiger partial charge in [-0.25, -0.2) is 0 Å². The summed E-state index contributed by atoms with van der Waals surface area (Å²) in [5.41, 5.74) is 16.9. The van der Waals surface area contributed by atoms with Crippen LogP contribution in [0.25, 0.3) is 0 Å². The number of hydrogen-bond donors (Lipinski definition) is 10. The summed E-state index contributed by atoms with van der Waals surface area (Å²) in [6.07, 6.45) is 0.240. The molecule has 320 valence electrons. The first-order valence-corrected chi connectivity index (χ1v) is 19.5. The lowest BCUT2D eigenvalue weighted by molar-refractivity contribution is -0.143. The summed E-state index contributed by atoms with van der Waals surface area (Å²) >= 11 is 0. The molecule has 2 saturated heterocycles. The third-order valence-corrected chi connectivity index (χ3v) is 9.78. The monoisotopic (exact) mass is 813 g/mol. The molecule has 58 heavy (non-hydrogen) atoms. The predicted octanol–water partition coefficient (Wildman–Crippen LogP) is -2.50. The summed E-state index contributed by atoms with van der Waals surface area (Å²) in [7, 11) is 0. The number of nitrogens with two attached hydrogens (primary N) is 3. The molecule has 0 aliphatic carbocycles. The maximum Gasteiger partial charge on any atom is 0.245 e. The molecular formula is C38H59N11O9. The number of rotatable bonds is 11. The zero-order valence-electron chi connectivity index (χ0n) is 33.7. The number of hydrogen-bond acceptors (Lipinski definition) is 10. The molecular weight excluding hydrogens is 754 g/mol. The first-order valence-electron chi connectivity index (χ1n) is 19.5. The summed E-state index contributed by atoms with van der Waals surface area (Å²) in [4.78, 5) is 114. The number of phenols is 1. The number of aromatic hydroxyl groups is 1. The van der Waals surface area contributed by atoms with E-state index in [4.69, 9.17) is 17.2 Å². The van der Waals surface area contributed by atoms with Crippen molar-refractivity contribution in [1.82, 2.24) is 36.8 Å². The van der Waals surface area contributed by atoms with Gasteiger partial charge in [0.15, 0.2) is 5.96 Å². The Morgan fingerprint density at radius 1 is 0.776 bits per heavy atom. The molecule has 7 atom stereocenters. The van der Waals surface area contributed by atoms with Gasteiger partial charge in [0.1, 0.15) is 48.0 Å². The van der Waals surface area contributed by atoms with Gasteiger partial charge < -0.3 is 59.1 Å². The third kappa shape index (κ3) is 13.9. The number of carbonyl (C=O) groups excluding carboxylic acids is 8. The summed E-state index contributed by atoms with van der Waals surface area (Å²) in [5, 5.41) is 25.6. The van der Waals surface area contributed by atoms with Crippen molar-refractivity contribution in [3.05, 3.63) is 29.8 Å². The minimum Gasteiger partial charge on any atom is -0.508 e. The minimum atomic E-state index is -1.60. The summed E-state index contributed by atoms with van der Waals surface area (Å²) in [5.74, 6) is -7.09. The van der Waals surface area contributed by atoms with Crippen molar-refractivity contribution in [3.8, 4) is 5.75 Å². The lowest BCUT2D eigenvalue weighted by Gasteiger charge is -2.31. The number of aliphatic imine (C=N–C) groups is 1. The average Bonchev–Trinajstić information content (AvgIpc) is 3.64. The van der Waals surface area contributed by atoms with Gasteiger partial charge in [-0.1, -0.05) is 39.8 Å². The quantitative estimate of drug-likeness (QED) is 0.0633. The molecule has 2 fully saturated rings. The maximum atomic E-state index is 14.1. The highest BCUT2D eigenvalue weighted by molar-refractivity contribution is 5.99. The smallest absolute Gasteiger partial charge is 0.245 e. The second-order valence-electron chi connectivity index (χ2n) is 15.5. The number of nitrogens with zero attached hydrogens (tertiary/aromatic N) is 2. The molecule has 2 heterocycles. The highest BCUT2D eigenvalue weighted by Gasteiger charge is 2.41. The van der Waals surface area contributed by atoms with Crippen LogP contribution in [0, 0.1) is 11.8 Å². The fraction of sp³-hybridized carbons (Fsp3) is 0.605. The van der Waals surface area contributed by atoms with E-state index < -0.39 is 102 Å². The van der Waals surface area contributed by atoms with E-state index >= 15 is 0 Å². The van der Waals surface area contributed by atoms with Crippen molar-refractivity contribution >= 4 is 53.2 Å². The number of nitrogens with one attached hydrogen (secondary N) is 6. The van der Waals surface area contributed by atoms with Crippen LogP contribution in [0.15, 0.2) is 29.3 Å². The van der Waals surface area contributed by atoms with Crippen LogP contribution in [0.4, 0.5) is 0 Å². The van der Waals surface area contributed by atoms with E-state index in [0.29, 0.717) is 12.0 Å². The number of phenolic OH excluding ortho intramolecular Hbond substituents is 1. The lowest BCUT2D eigenvalue weighted by atomic mass is 10.0. The molecule has 2 aliphatic rings. The van der Waals surface area contributed by atoms with Crippen LogP contribution in [-0.2, 0) is 44.8 Å². The van der Waals surface area contributed by atoms with Gasteiger partial charge in [-0.05, 0) is 68.6 Å². The molecule has 1 aromatic carbocycles. The molecule has 0 radical (unpaired) electrons. The Balaban J connectivity index is 2.11. The Labute approximate surface area is 337 Å². The summed E-state index contributed by atoms with van der Waals surface area (Å²) < 4.78 is 0. The van der Waals surface area contributed by atoms with Gasteiger partial charge in [0.2, 0.25) is 47.3 Å². The van der Waals surface area contributed by atoms with Gasteiger partial charge in [0.05, 0.1) is 6.42 Å². The molecule has 0 bridgehead atoms. The van der Waals surface area contributed by atoms with Crippen LogP contribution in [0.2, 0.25) is 0 Å². The van der Waals surface area contributed by atoms with E-state index in [1.54, 1.807) is 13.8 Å². The van der Waals surface area contributed by atoms with Crippen molar-refractivity contribution in [1.29, 1.82) is 0 Å². The van der Waals surface area contributed by atoms with Crippen molar-refractivity contribution in [2.45, 2.75) is 122 Å². The summed E-state index contributed by atoms with van der Waals surface area (Å²) in [6, 6.07) is -2.97. The van der Waals surface area contributed by atoms with Crippen molar-refractivity contribution < 1.29 is 43.5 Å². The van der Waals surface area contributed by atoms with Gasteiger partial charge in [0.25, 0.3) is 0 Å². The molecule has 0 spiro atoms. The van der Waals surface area contributed by atoms with Crippen LogP contribution >= 0.6 is 0 Å². The topological polar surface area (TPSA) is 323 Å². The van der Waals surface area contributed by atoms with Gasteiger partial charge in [0, 0.05) is 19.5 Å². The van der Waals surface area contributed by atoms with Crippen LogP contribution in [0.3, 0.4) is 0 Å². The van der Waals surface area contributed by atoms with Gasteiger partial charge in [-0.15, -0.1) is 0 Å².